The second kappa shape index (κ2) is 7.43. The summed E-state index contributed by atoms with van der Waals surface area (Å²) in [7, 11) is 0. The number of aromatic nitrogens is 1. The second-order valence-corrected chi connectivity index (χ2v) is 5.74. The Labute approximate surface area is 130 Å². The summed E-state index contributed by atoms with van der Waals surface area (Å²) in [5, 5.41) is 15.7. The maximum Gasteiger partial charge on any atom is 0.146 e. The van der Waals surface area contributed by atoms with Gasteiger partial charge in [0.05, 0.1) is 17.8 Å². The van der Waals surface area contributed by atoms with Crippen molar-refractivity contribution in [3.63, 3.8) is 0 Å². The van der Waals surface area contributed by atoms with Crippen molar-refractivity contribution in [3.8, 4) is 6.07 Å². The van der Waals surface area contributed by atoms with Crippen molar-refractivity contribution in [2.75, 3.05) is 36.9 Å². The van der Waals surface area contributed by atoms with E-state index in [1.807, 2.05) is 6.07 Å². The molecule has 0 amide bonds. The summed E-state index contributed by atoms with van der Waals surface area (Å²) in [6.45, 7) is 3.12. The van der Waals surface area contributed by atoms with Gasteiger partial charge < -0.3 is 20.1 Å². The first-order valence-electron chi connectivity index (χ1n) is 7.97. The Kier molecular flexibility index (Phi) is 5.09. The van der Waals surface area contributed by atoms with Gasteiger partial charge in [-0.25, -0.2) is 4.98 Å². The van der Waals surface area contributed by atoms with E-state index < -0.39 is 0 Å². The van der Waals surface area contributed by atoms with Crippen LogP contribution in [-0.2, 0) is 9.47 Å². The van der Waals surface area contributed by atoms with E-state index in [0.717, 1.165) is 51.3 Å². The third kappa shape index (κ3) is 3.87. The number of rotatable bonds is 6. The SMILES string of the molecule is N#Cc1ccc(NCC2CCCO2)nc1NCC1CCCO1. The number of hydrogen-bond acceptors (Lipinski definition) is 6. The van der Waals surface area contributed by atoms with Crippen molar-refractivity contribution < 1.29 is 9.47 Å². The van der Waals surface area contributed by atoms with Crippen LogP contribution in [0.25, 0.3) is 0 Å². The summed E-state index contributed by atoms with van der Waals surface area (Å²) in [4.78, 5) is 4.51. The molecule has 0 radical (unpaired) electrons. The molecule has 2 saturated heterocycles. The van der Waals surface area contributed by atoms with E-state index in [-0.39, 0.29) is 12.2 Å². The maximum absolute atomic E-state index is 9.20. The van der Waals surface area contributed by atoms with Crippen molar-refractivity contribution in [2.45, 2.75) is 37.9 Å². The van der Waals surface area contributed by atoms with Crippen LogP contribution >= 0.6 is 0 Å². The third-order valence-corrected chi connectivity index (χ3v) is 4.07. The predicted octanol–water partition coefficient (Wildman–Crippen LogP) is 2.14. The fraction of sp³-hybridized carbons (Fsp3) is 0.625. The predicted molar refractivity (Wildman–Crippen MR) is 83.9 cm³/mol. The standard InChI is InChI=1S/C16H22N4O2/c17-9-12-5-6-15(18-10-13-3-1-7-21-13)20-16(12)19-11-14-4-2-8-22-14/h5-6,13-14H,1-4,7-8,10-11H2,(H2,18,19,20). The quantitative estimate of drug-likeness (QED) is 0.838. The van der Waals surface area contributed by atoms with Gasteiger partial charge in [-0.3, -0.25) is 0 Å². The molecule has 0 bridgehead atoms. The number of anilines is 2. The van der Waals surface area contributed by atoms with E-state index in [2.05, 4.69) is 21.7 Å². The van der Waals surface area contributed by atoms with Crippen molar-refractivity contribution >= 4 is 11.6 Å². The second-order valence-electron chi connectivity index (χ2n) is 5.74. The number of nitrogens with one attached hydrogen (secondary N) is 2. The van der Waals surface area contributed by atoms with Crippen LogP contribution in [0.5, 0.6) is 0 Å². The molecule has 0 spiro atoms. The molecule has 2 aliphatic rings. The molecule has 6 heteroatoms. The highest BCUT2D eigenvalue weighted by atomic mass is 16.5. The molecule has 3 rings (SSSR count). The summed E-state index contributed by atoms with van der Waals surface area (Å²) in [5.41, 5.74) is 0.556. The van der Waals surface area contributed by atoms with Gasteiger partial charge in [0, 0.05) is 26.3 Å². The summed E-state index contributed by atoms with van der Waals surface area (Å²) in [5.74, 6) is 1.39. The minimum Gasteiger partial charge on any atom is -0.376 e. The molecule has 0 aromatic carbocycles. The van der Waals surface area contributed by atoms with Crippen LogP contribution < -0.4 is 10.6 Å². The molecule has 1 aromatic rings. The number of pyridine rings is 1. The number of nitriles is 1. The highest BCUT2D eigenvalue weighted by Gasteiger charge is 2.17. The number of ether oxygens (including phenoxy) is 2. The molecule has 2 unspecified atom stereocenters. The largest absolute Gasteiger partial charge is 0.376 e. The topological polar surface area (TPSA) is 79.2 Å². The van der Waals surface area contributed by atoms with Gasteiger partial charge in [0.15, 0.2) is 0 Å². The van der Waals surface area contributed by atoms with Gasteiger partial charge in [-0.15, -0.1) is 0 Å². The van der Waals surface area contributed by atoms with Gasteiger partial charge in [0.25, 0.3) is 0 Å². The first-order valence-corrected chi connectivity index (χ1v) is 7.97. The zero-order valence-electron chi connectivity index (χ0n) is 12.7. The van der Waals surface area contributed by atoms with Gasteiger partial charge in [0.1, 0.15) is 17.7 Å². The molecule has 2 aliphatic heterocycles. The smallest absolute Gasteiger partial charge is 0.146 e. The molecule has 0 saturated carbocycles. The molecule has 3 heterocycles. The lowest BCUT2D eigenvalue weighted by Gasteiger charge is -2.15. The van der Waals surface area contributed by atoms with Crippen LogP contribution in [0.1, 0.15) is 31.2 Å². The van der Waals surface area contributed by atoms with E-state index in [9.17, 15) is 5.26 Å². The number of hydrogen-bond donors (Lipinski definition) is 2. The van der Waals surface area contributed by atoms with Crippen LogP contribution in [0.2, 0.25) is 0 Å². The Hall–Kier alpha value is -1.84. The third-order valence-electron chi connectivity index (χ3n) is 4.07. The molecule has 0 aliphatic carbocycles. The van der Waals surface area contributed by atoms with E-state index in [4.69, 9.17) is 9.47 Å². The van der Waals surface area contributed by atoms with Crippen molar-refractivity contribution in [1.29, 1.82) is 5.26 Å². The zero-order valence-corrected chi connectivity index (χ0v) is 12.7. The van der Waals surface area contributed by atoms with Crippen molar-refractivity contribution in [3.05, 3.63) is 17.7 Å². The molecule has 1 aromatic heterocycles. The molecule has 2 fully saturated rings. The van der Waals surface area contributed by atoms with Crippen LogP contribution in [0.15, 0.2) is 12.1 Å². The normalized spacial score (nSPS) is 24.1. The molecule has 2 N–H and O–H groups in total. The number of nitrogens with zero attached hydrogens (tertiary/aromatic N) is 2. The maximum atomic E-state index is 9.20. The first-order chi connectivity index (χ1) is 10.8. The van der Waals surface area contributed by atoms with Crippen LogP contribution in [-0.4, -0.2) is 43.5 Å². The van der Waals surface area contributed by atoms with Gasteiger partial charge in [-0.1, -0.05) is 0 Å². The highest BCUT2D eigenvalue weighted by Crippen LogP contribution is 2.19. The Morgan fingerprint density at radius 1 is 1.09 bits per heavy atom. The van der Waals surface area contributed by atoms with Crippen LogP contribution in [0.3, 0.4) is 0 Å². The van der Waals surface area contributed by atoms with Crippen molar-refractivity contribution in [1.82, 2.24) is 4.98 Å². The lowest BCUT2D eigenvalue weighted by Crippen LogP contribution is -2.21. The Morgan fingerprint density at radius 2 is 1.77 bits per heavy atom. The molecule has 2 atom stereocenters. The van der Waals surface area contributed by atoms with Crippen molar-refractivity contribution in [2.24, 2.45) is 0 Å². The monoisotopic (exact) mass is 302 g/mol. The highest BCUT2D eigenvalue weighted by molar-refractivity contribution is 5.56. The molecule has 118 valence electrons. The summed E-state index contributed by atoms with van der Waals surface area (Å²) < 4.78 is 11.2. The lowest BCUT2D eigenvalue weighted by molar-refractivity contribution is 0.120. The summed E-state index contributed by atoms with van der Waals surface area (Å²) in [6.07, 6.45) is 4.87. The lowest BCUT2D eigenvalue weighted by atomic mass is 10.2. The van der Waals surface area contributed by atoms with Gasteiger partial charge in [0.2, 0.25) is 0 Å². The average Bonchev–Trinajstić information content (AvgIpc) is 3.24. The Balaban J connectivity index is 1.59. The van der Waals surface area contributed by atoms with Crippen LogP contribution in [0.4, 0.5) is 11.6 Å². The minimum absolute atomic E-state index is 0.219. The average molecular weight is 302 g/mol. The molecule has 22 heavy (non-hydrogen) atoms. The van der Waals surface area contributed by atoms with Gasteiger partial charge >= 0.3 is 0 Å². The van der Waals surface area contributed by atoms with E-state index >= 15 is 0 Å². The van der Waals surface area contributed by atoms with Gasteiger partial charge in [-0.2, -0.15) is 5.26 Å². The van der Waals surface area contributed by atoms with Gasteiger partial charge in [-0.05, 0) is 37.8 Å². The summed E-state index contributed by atoms with van der Waals surface area (Å²) in [6, 6.07) is 5.81. The molecule has 6 nitrogen and oxygen atoms in total. The fourth-order valence-electron chi connectivity index (χ4n) is 2.82. The molecular weight excluding hydrogens is 280 g/mol. The molecular formula is C16H22N4O2. The Morgan fingerprint density at radius 3 is 2.36 bits per heavy atom. The zero-order chi connectivity index (χ0) is 15.2. The van der Waals surface area contributed by atoms with E-state index in [1.54, 1.807) is 6.07 Å². The Bertz CT molecular complexity index is 531. The van der Waals surface area contributed by atoms with Crippen LogP contribution in [0, 0.1) is 11.3 Å². The first kappa shape index (κ1) is 15.1. The van der Waals surface area contributed by atoms with E-state index in [0.29, 0.717) is 17.9 Å². The van der Waals surface area contributed by atoms with E-state index in [1.165, 1.54) is 0 Å². The summed E-state index contributed by atoms with van der Waals surface area (Å²) >= 11 is 0. The fourth-order valence-corrected chi connectivity index (χ4v) is 2.82. The minimum atomic E-state index is 0.219.